The SMILES string of the molecule is O=C1c2cccc3c(N4CCCCC4)ccc(c23)C(=O)N1c1ccc(-c2nc3ccccc3s2)cc1. The van der Waals surface area contributed by atoms with Crippen molar-refractivity contribution in [3.05, 3.63) is 90.0 Å². The van der Waals surface area contributed by atoms with Crippen LogP contribution in [-0.4, -0.2) is 29.9 Å². The standard InChI is InChI=1S/C30H23N3O2S/c34-29-22-8-6-7-21-25(32-17-4-1-5-18-32)16-15-23(27(21)22)30(35)33(29)20-13-11-19(12-14-20)28-31-24-9-2-3-10-26(24)36-28/h2-3,6-16H,1,4-5,17-18H2. The highest BCUT2D eigenvalue weighted by molar-refractivity contribution is 7.21. The van der Waals surface area contributed by atoms with Gasteiger partial charge in [-0.05, 0) is 73.9 Å². The molecule has 0 atom stereocenters. The Morgan fingerprint density at radius 3 is 2.25 bits per heavy atom. The highest BCUT2D eigenvalue weighted by Gasteiger charge is 2.35. The minimum absolute atomic E-state index is 0.276. The molecule has 6 heteroatoms. The molecular formula is C30H23N3O2S. The number of imide groups is 1. The smallest absolute Gasteiger partial charge is 0.265 e. The number of rotatable bonds is 3. The summed E-state index contributed by atoms with van der Waals surface area (Å²) in [5.74, 6) is -0.553. The second-order valence-electron chi connectivity index (χ2n) is 9.39. The van der Waals surface area contributed by atoms with Crippen LogP contribution >= 0.6 is 11.3 Å². The van der Waals surface area contributed by atoms with E-state index in [0.29, 0.717) is 16.8 Å². The first-order valence-corrected chi connectivity index (χ1v) is 13.2. The maximum atomic E-state index is 13.7. The van der Waals surface area contributed by atoms with Crippen LogP contribution in [0.25, 0.3) is 31.6 Å². The van der Waals surface area contributed by atoms with Crippen molar-refractivity contribution in [2.24, 2.45) is 0 Å². The summed E-state index contributed by atoms with van der Waals surface area (Å²) in [6.07, 6.45) is 3.59. The van der Waals surface area contributed by atoms with Crippen LogP contribution in [-0.2, 0) is 0 Å². The minimum Gasteiger partial charge on any atom is -0.371 e. The average Bonchev–Trinajstić information content (AvgIpc) is 3.37. The molecule has 0 aliphatic carbocycles. The zero-order chi connectivity index (χ0) is 24.2. The van der Waals surface area contributed by atoms with Gasteiger partial charge in [0.25, 0.3) is 11.8 Å². The number of carbonyl (C=O) groups is 2. The van der Waals surface area contributed by atoms with E-state index in [9.17, 15) is 9.59 Å². The number of hydrogen-bond acceptors (Lipinski definition) is 5. The normalized spacial score (nSPS) is 15.8. The summed E-state index contributed by atoms with van der Waals surface area (Å²) in [5.41, 5.74) is 4.77. The van der Waals surface area contributed by atoms with Crippen LogP contribution in [0.15, 0.2) is 78.9 Å². The van der Waals surface area contributed by atoms with Crippen LogP contribution in [0.2, 0.25) is 0 Å². The van der Waals surface area contributed by atoms with E-state index in [1.165, 1.54) is 24.2 Å². The number of nitrogens with zero attached hydrogens (tertiary/aromatic N) is 3. The van der Waals surface area contributed by atoms with Gasteiger partial charge in [0.05, 0.1) is 15.9 Å². The molecule has 176 valence electrons. The fourth-order valence-corrected chi connectivity index (χ4v) is 6.45. The van der Waals surface area contributed by atoms with E-state index in [2.05, 4.69) is 17.0 Å². The van der Waals surface area contributed by atoms with Crippen LogP contribution in [0.5, 0.6) is 0 Å². The van der Waals surface area contributed by atoms with E-state index in [-0.39, 0.29) is 11.8 Å². The lowest BCUT2D eigenvalue weighted by Gasteiger charge is -2.32. The van der Waals surface area contributed by atoms with Gasteiger partial charge in [-0.2, -0.15) is 0 Å². The van der Waals surface area contributed by atoms with Gasteiger partial charge in [0.1, 0.15) is 5.01 Å². The van der Waals surface area contributed by atoms with E-state index in [0.717, 1.165) is 50.3 Å². The molecule has 5 aromatic rings. The van der Waals surface area contributed by atoms with E-state index in [4.69, 9.17) is 4.98 Å². The Morgan fingerprint density at radius 2 is 1.47 bits per heavy atom. The Bertz CT molecular complexity index is 1610. The molecule has 0 bridgehead atoms. The van der Waals surface area contributed by atoms with Crippen LogP contribution in [0, 0.1) is 0 Å². The molecule has 7 rings (SSSR count). The molecule has 1 fully saturated rings. The van der Waals surface area contributed by atoms with Crippen LogP contribution in [0.1, 0.15) is 40.0 Å². The van der Waals surface area contributed by atoms with Crippen molar-refractivity contribution < 1.29 is 9.59 Å². The van der Waals surface area contributed by atoms with Crippen LogP contribution in [0.3, 0.4) is 0 Å². The number of carbonyl (C=O) groups excluding carboxylic acids is 2. The molecule has 2 aliphatic rings. The third-order valence-corrected chi connectivity index (χ3v) is 8.33. The van der Waals surface area contributed by atoms with Crippen molar-refractivity contribution >= 4 is 55.5 Å². The number of hydrogen-bond donors (Lipinski definition) is 0. The lowest BCUT2D eigenvalue weighted by molar-refractivity contribution is 0.0893. The number of benzene rings is 4. The molecule has 2 amide bonds. The first-order valence-electron chi connectivity index (χ1n) is 12.3. The number of amides is 2. The molecule has 0 saturated carbocycles. The molecule has 2 aliphatic heterocycles. The van der Waals surface area contributed by atoms with Gasteiger partial charge in [0, 0.05) is 46.2 Å². The minimum atomic E-state index is -0.276. The molecule has 0 unspecified atom stereocenters. The van der Waals surface area contributed by atoms with Crippen LogP contribution in [0.4, 0.5) is 11.4 Å². The Kier molecular flexibility index (Phi) is 4.89. The molecule has 0 radical (unpaired) electrons. The van der Waals surface area contributed by atoms with Gasteiger partial charge in [-0.25, -0.2) is 9.88 Å². The van der Waals surface area contributed by atoms with Gasteiger partial charge in [-0.15, -0.1) is 11.3 Å². The second-order valence-corrected chi connectivity index (χ2v) is 10.4. The summed E-state index contributed by atoms with van der Waals surface area (Å²) in [6, 6.07) is 25.3. The van der Waals surface area contributed by atoms with Crippen molar-refractivity contribution in [2.75, 3.05) is 22.9 Å². The van der Waals surface area contributed by atoms with Crippen molar-refractivity contribution in [1.82, 2.24) is 4.98 Å². The van der Waals surface area contributed by atoms with Gasteiger partial charge in [0.15, 0.2) is 0 Å². The van der Waals surface area contributed by atoms with Gasteiger partial charge < -0.3 is 4.90 Å². The molecule has 1 saturated heterocycles. The van der Waals surface area contributed by atoms with E-state index >= 15 is 0 Å². The molecular weight excluding hydrogens is 466 g/mol. The van der Waals surface area contributed by atoms with Gasteiger partial charge in [-0.3, -0.25) is 9.59 Å². The Morgan fingerprint density at radius 1 is 0.722 bits per heavy atom. The predicted octanol–water partition coefficient (Wildman–Crippen LogP) is 6.91. The number of para-hydroxylation sites is 1. The Labute approximate surface area is 212 Å². The fourth-order valence-electron chi connectivity index (χ4n) is 5.47. The summed E-state index contributed by atoms with van der Waals surface area (Å²) >= 11 is 1.63. The third kappa shape index (κ3) is 3.25. The molecule has 1 aromatic heterocycles. The molecule has 5 nitrogen and oxygen atoms in total. The van der Waals surface area contributed by atoms with E-state index in [1.54, 1.807) is 11.3 Å². The maximum absolute atomic E-state index is 13.7. The van der Waals surface area contributed by atoms with E-state index in [1.807, 2.05) is 66.7 Å². The van der Waals surface area contributed by atoms with Gasteiger partial charge in [-0.1, -0.05) is 24.3 Å². The van der Waals surface area contributed by atoms with E-state index < -0.39 is 0 Å². The molecule has 0 N–H and O–H groups in total. The number of thiazole rings is 1. The van der Waals surface area contributed by atoms with Crippen molar-refractivity contribution in [3.63, 3.8) is 0 Å². The topological polar surface area (TPSA) is 53.5 Å². The summed E-state index contributed by atoms with van der Waals surface area (Å²) in [7, 11) is 0. The van der Waals surface area contributed by atoms with Gasteiger partial charge in [0.2, 0.25) is 0 Å². The van der Waals surface area contributed by atoms with Crippen LogP contribution < -0.4 is 9.80 Å². The highest BCUT2D eigenvalue weighted by Crippen LogP contribution is 2.39. The quantitative estimate of drug-likeness (QED) is 0.259. The number of aromatic nitrogens is 1. The van der Waals surface area contributed by atoms with Crippen molar-refractivity contribution in [3.8, 4) is 10.6 Å². The first-order chi connectivity index (χ1) is 17.7. The third-order valence-electron chi connectivity index (χ3n) is 7.25. The molecule has 36 heavy (non-hydrogen) atoms. The lowest BCUT2D eigenvalue weighted by Crippen LogP contribution is -2.40. The van der Waals surface area contributed by atoms with Gasteiger partial charge >= 0.3 is 0 Å². The monoisotopic (exact) mass is 489 g/mol. The highest BCUT2D eigenvalue weighted by atomic mass is 32.1. The molecule has 4 aromatic carbocycles. The summed E-state index contributed by atoms with van der Waals surface area (Å²) in [5, 5.41) is 2.68. The van der Waals surface area contributed by atoms with Crippen molar-refractivity contribution in [2.45, 2.75) is 19.3 Å². The molecule has 3 heterocycles. The number of piperidine rings is 1. The summed E-state index contributed by atoms with van der Waals surface area (Å²) in [4.78, 5) is 35.7. The summed E-state index contributed by atoms with van der Waals surface area (Å²) < 4.78 is 1.13. The Hall–Kier alpha value is -4.03. The summed E-state index contributed by atoms with van der Waals surface area (Å²) in [6.45, 7) is 2.02. The zero-order valence-electron chi connectivity index (χ0n) is 19.6. The average molecular weight is 490 g/mol. The zero-order valence-corrected chi connectivity index (χ0v) is 20.4. The number of fused-ring (bicyclic) bond motifs is 1. The Balaban J connectivity index is 1.27. The lowest BCUT2D eigenvalue weighted by atomic mass is 9.92. The molecule has 0 spiro atoms. The second kappa shape index (κ2) is 8.28. The number of anilines is 2. The largest absolute Gasteiger partial charge is 0.371 e. The fraction of sp³-hybridized carbons (Fsp3) is 0.167. The van der Waals surface area contributed by atoms with Crippen molar-refractivity contribution in [1.29, 1.82) is 0 Å². The maximum Gasteiger partial charge on any atom is 0.265 e. The first kappa shape index (κ1) is 21.3. The predicted molar refractivity (Wildman–Crippen MR) is 146 cm³/mol.